The molecule has 2 aliphatic heterocycles. The van der Waals surface area contributed by atoms with Crippen LogP contribution in [0.2, 0.25) is 0 Å². The number of fused-ring (bicyclic) bond motifs is 2. The molecule has 0 aromatic carbocycles. The molecule has 1 aliphatic carbocycles. The zero-order valence-electron chi connectivity index (χ0n) is 7.06. The quantitative estimate of drug-likeness (QED) is 0.586. The van der Waals surface area contributed by atoms with Crippen molar-refractivity contribution >= 4 is 18.2 Å². The molecule has 0 N–H and O–H groups in total. The van der Waals surface area contributed by atoms with Crippen LogP contribution in [-0.4, -0.2) is 17.2 Å². The predicted octanol–water partition coefficient (Wildman–Crippen LogP) is 1.65. The van der Waals surface area contributed by atoms with Crippen LogP contribution >= 0.6 is 12.4 Å². The fraction of sp³-hybridized carbons (Fsp3) is 0.300. The monoisotopic (exact) mass is 195 g/mol. The smallest absolute Gasteiger partial charge is 0.160 e. The third-order valence-electron chi connectivity index (χ3n) is 2.67. The van der Waals surface area contributed by atoms with Gasteiger partial charge in [0.1, 0.15) is 0 Å². The summed E-state index contributed by atoms with van der Waals surface area (Å²) in [6.45, 7) is 0.574. The number of carbonyl (C=O) groups is 1. The van der Waals surface area contributed by atoms with Crippen molar-refractivity contribution in [3.05, 3.63) is 35.7 Å². The lowest BCUT2D eigenvalue weighted by atomic mass is 10.1. The van der Waals surface area contributed by atoms with Gasteiger partial charge in [0.2, 0.25) is 0 Å². The molecule has 1 unspecified atom stereocenters. The Bertz CT molecular complexity index is 354. The predicted molar refractivity (Wildman–Crippen MR) is 52.4 cm³/mol. The zero-order chi connectivity index (χ0) is 8.13. The van der Waals surface area contributed by atoms with Crippen LogP contribution in [0.5, 0.6) is 0 Å². The molecule has 0 aromatic rings. The molecule has 0 bridgehead atoms. The number of carbonyl (C=O) groups excluding carboxylic acids is 1. The van der Waals surface area contributed by atoms with E-state index in [0.29, 0.717) is 12.3 Å². The summed E-state index contributed by atoms with van der Waals surface area (Å²) >= 11 is 0. The molecule has 13 heavy (non-hydrogen) atoms. The van der Waals surface area contributed by atoms with E-state index in [1.165, 1.54) is 11.3 Å². The molecular weight excluding hydrogens is 186 g/mol. The maximum absolute atomic E-state index is 11.4. The zero-order valence-corrected chi connectivity index (χ0v) is 7.88. The summed E-state index contributed by atoms with van der Waals surface area (Å²) in [5, 5.41) is 0. The number of Topliss-reactive ketones (excluding diaryl/α,β-unsaturated/α-hetero) is 1. The molecule has 1 atom stereocenters. The molecule has 3 heteroatoms. The highest BCUT2D eigenvalue weighted by Crippen LogP contribution is 2.46. The first-order valence-electron chi connectivity index (χ1n) is 4.23. The van der Waals surface area contributed by atoms with Crippen molar-refractivity contribution in [3.8, 4) is 0 Å². The Morgan fingerprint density at radius 3 is 3.08 bits per heavy atom. The van der Waals surface area contributed by atoms with Crippen LogP contribution < -0.4 is 0 Å². The van der Waals surface area contributed by atoms with Crippen LogP contribution in [0, 0.1) is 5.92 Å². The highest BCUT2D eigenvalue weighted by molar-refractivity contribution is 5.92. The van der Waals surface area contributed by atoms with Crippen LogP contribution in [0.15, 0.2) is 35.7 Å². The topological polar surface area (TPSA) is 20.3 Å². The second-order valence-corrected chi connectivity index (χ2v) is 3.46. The van der Waals surface area contributed by atoms with Crippen molar-refractivity contribution in [3.63, 3.8) is 0 Å². The van der Waals surface area contributed by atoms with Crippen LogP contribution in [0.3, 0.4) is 0 Å². The van der Waals surface area contributed by atoms with E-state index < -0.39 is 0 Å². The summed E-state index contributed by atoms with van der Waals surface area (Å²) in [6.07, 6.45) is 9.09. The van der Waals surface area contributed by atoms with E-state index in [2.05, 4.69) is 6.08 Å². The highest BCUT2D eigenvalue weighted by atomic mass is 35.5. The number of ketones is 1. The van der Waals surface area contributed by atoms with E-state index in [0.717, 1.165) is 6.42 Å². The van der Waals surface area contributed by atoms with Gasteiger partial charge >= 0.3 is 0 Å². The van der Waals surface area contributed by atoms with Crippen LogP contribution in [-0.2, 0) is 4.79 Å². The minimum Gasteiger partial charge on any atom is -0.341 e. The Morgan fingerprint density at radius 2 is 2.23 bits per heavy atom. The Hall–Kier alpha value is -1.02. The van der Waals surface area contributed by atoms with Gasteiger partial charge in [0.05, 0.1) is 6.54 Å². The van der Waals surface area contributed by atoms with E-state index in [1.807, 2.05) is 23.3 Å². The molecule has 1 fully saturated rings. The summed E-state index contributed by atoms with van der Waals surface area (Å²) < 4.78 is 0. The van der Waals surface area contributed by atoms with Crippen molar-refractivity contribution in [2.24, 2.45) is 5.92 Å². The molecule has 0 saturated heterocycles. The second kappa shape index (κ2) is 2.74. The lowest BCUT2D eigenvalue weighted by molar-refractivity contribution is -0.120. The summed E-state index contributed by atoms with van der Waals surface area (Å²) in [4.78, 5) is 13.4. The third kappa shape index (κ3) is 1.13. The normalized spacial score (nSPS) is 28.2. The Kier molecular flexibility index (Phi) is 1.81. The summed E-state index contributed by atoms with van der Waals surface area (Å²) in [5.74, 6) is 0.668. The molecule has 0 spiro atoms. The van der Waals surface area contributed by atoms with Crippen molar-refractivity contribution in [1.82, 2.24) is 4.90 Å². The van der Waals surface area contributed by atoms with Gasteiger partial charge in [0.15, 0.2) is 5.78 Å². The lowest BCUT2D eigenvalue weighted by Crippen LogP contribution is -2.29. The van der Waals surface area contributed by atoms with Crippen LogP contribution in [0.25, 0.3) is 0 Å². The molecule has 1 saturated carbocycles. The van der Waals surface area contributed by atoms with Gasteiger partial charge in [0, 0.05) is 17.8 Å². The lowest BCUT2D eigenvalue weighted by Gasteiger charge is -2.25. The number of rotatable bonds is 0. The molecule has 0 amide bonds. The molecule has 2 heterocycles. The molecule has 3 aliphatic rings. The van der Waals surface area contributed by atoms with E-state index in [-0.39, 0.29) is 18.3 Å². The maximum Gasteiger partial charge on any atom is 0.160 e. The van der Waals surface area contributed by atoms with Gasteiger partial charge in [-0.25, -0.2) is 0 Å². The molecule has 0 aromatic heterocycles. The Morgan fingerprint density at radius 1 is 1.38 bits per heavy atom. The Labute approximate surface area is 83.0 Å². The van der Waals surface area contributed by atoms with Gasteiger partial charge in [-0.2, -0.15) is 0 Å². The molecule has 3 rings (SSSR count). The largest absolute Gasteiger partial charge is 0.341 e. The standard InChI is InChI=1S/C10H9NO.ClH/c12-10-6-11-4-2-1-3-9(11)7-5-8(7)10;/h1-4,8H,5-6H2;1H. The number of halogens is 1. The van der Waals surface area contributed by atoms with Crippen molar-refractivity contribution in [2.45, 2.75) is 6.42 Å². The van der Waals surface area contributed by atoms with Gasteiger partial charge in [-0.1, -0.05) is 6.08 Å². The molecular formula is C10H10ClNO. The first kappa shape index (κ1) is 8.57. The highest BCUT2D eigenvalue weighted by Gasteiger charge is 2.43. The molecule has 2 nitrogen and oxygen atoms in total. The minimum absolute atomic E-state index is 0. The minimum atomic E-state index is 0. The van der Waals surface area contributed by atoms with Crippen molar-refractivity contribution in [2.75, 3.05) is 6.54 Å². The van der Waals surface area contributed by atoms with Gasteiger partial charge in [0.25, 0.3) is 0 Å². The summed E-state index contributed by atoms with van der Waals surface area (Å²) in [6, 6.07) is 0. The van der Waals surface area contributed by atoms with E-state index >= 15 is 0 Å². The fourth-order valence-corrected chi connectivity index (χ4v) is 1.94. The van der Waals surface area contributed by atoms with Gasteiger partial charge in [-0.15, -0.1) is 12.4 Å². The SMILES string of the molecule is Cl.O=C1CN2C=CC=CC2=C2CC12. The number of hydrogen-bond donors (Lipinski definition) is 0. The summed E-state index contributed by atoms with van der Waals surface area (Å²) in [5.41, 5.74) is 2.61. The number of nitrogens with zero attached hydrogens (tertiary/aromatic N) is 1. The first-order valence-corrected chi connectivity index (χ1v) is 4.23. The van der Waals surface area contributed by atoms with Crippen LogP contribution in [0.1, 0.15) is 6.42 Å². The summed E-state index contributed by atoms with van der Waals surface area (Å²) in [7, 11) is 0. The number of hydrogen-bond acceptors (Lipinski definition) is 2. The van der Waals surface area contributed by atoms with Gasteiger partial charge in [-0.05, 0) is 24.1 Å². The first-order chi connectivity index (χ1) is 5.86. The number of allylic oxidation sites excluding steroid dienone is 4. The average Bonchev–Trinajstić information content (AvgIpc) is 2.84. The Balaban J connectivity index is 0.000000653. The van der Waals surface area contributed by atoms with E-state index in [1.54, 1.807) is 0 Å². The van der Waals surface area contributed by atoms with Crippen LogP contribution in [0.4, 0.5) is 0 Å². The van der Waals surface area contributed by atoms with Gasteiger partial charge < -0.3 is 4.90 Å². The average molecular weight is 196 g/mol. The van der Waals surface area contributed by atoms with Crippen molar-refractivity contribution < 1.29 is 4.79 Å². The van der Waals surface area contributed by atoms with Crippen molar-refractivity contribution in [1.29, 1.82) is 0 Å². The van der Waals surface area contributed by atoms with E-state index in [9.17, 15) is 4.79 Å². The fourth-order valence-electron chi connectivity index (χ4n) is 1.94. The third-order valence-corrected chi connectivity index (χ3v) is 2.67. The second-order valence-electron chi connectivity index (χ2n) is 3.46. The maximum atomic E-state index is 11.4. The molecule has 68 valence electrons. The van der Waals surface area contributed by atoms with Gasteiger partial charge in [-0.3, -0.25) is 4.79 Å². The molecule has 0 radical (unpaired) electrons. The van der Waals surface area contributed by atoms with E-state index in [4.69, 9.17) is 0 Å².